The Hall–Kier alpha value is -1.51. The van der Waals surface area contributed by atoms with Gasteiger partial charge in [-0.1, -0.05) is 0 Å². The van der Waals surface area contributed by atoms with Gasteiger partial charge in [0.25, 0.3) is 0 Å². The van der Waals surface area contributed by atoms with Gasteiger partial charge < -0.3 is 27.9 Å². The van der Waals surface area contributed by atoms with Gasteiger partial charge in [-0.2, -0.15) is 0 Å². The summed E-state index contributed by atoms with van der Waals surface area (Å²) in [5, 5.41) is 9.25. The van der Waals surface area contributed by atoms with E-state index in [2.05, 4.69) is 0 Å². The van der Waals surface area contributed by atoms with Crippen molar-refractivity contribution in [1.29, 1.82) is 0 Å². The smallest absolute Gasteiger partial charge is 1.00 e. The average Bonchev–Trinajstić information content (AvgIpc) is 2.66. The molecule has 1 fully saturated rings. The zero-order valence-electron chi connectivity index (χ0n) is 19.1. The third kappa shape index (κ3) is 5.30. The maximum Gasteiger partial charge on any atom is 2.00 e. The number of esters is 1. The van der Waals surface area contributed by atoms with Crippen molar-refractivity contribution in [2.45, 2.75) is 51.2 Å². The monoisotopic (exact) mass is 405 g/mol. The first-order valence-electron chi connectivity index (χ1n) is 9.18. The number of methoxy groups -OCH3 is 2. The number of nitrogens with two attached hydrogens (primary N) is 1. The SMILES string of the molecule is COc1cc(OC)cc(C(N)(C(=O)OC(C)C)C2CCC(C(=O)O)CC2)c1.[H-].[H-].[Mg+2]. The summed E-state index contributed by atoms with van der Waals surface area (Å²) in [5.41, 5.74) is 5.86. The molecule has 0 saturated heterocycles. The second kappa shape index (κ2) is 10.3. The molecule has 1 saturated carbocycles. The molecule has 0 amide bonds. The predicted molar refractivity (Wildman–Crippen MR) is 108 cm³/mol. The summed E-state index contributed by atoms with van der Waals surface area (Å²) in [6.07, 6.45) is 1.70. The van der Waals surface area contributed by atoms with Gasteiger partial charge in [-0.15, -0.1) is 0 Å². The minimum atomic E-state index is -1.41. The number of rotatable bonds is 7. The van der Waals surface area contributed by atoms with Crippen LogP contribution in [0.1, 0.15) is 47.9 Å². The summed E-state index contributed by atoms with van der Waals surface area (Å²) in [4.78, 5) is 24.3. The predicted octanol–water partition coefficient (Wildman–Crippen LogP) is 2.54. The molecule has 1 unspecified atom stereocenters. The van der Waals surface area contributed by atoms with Crippen LogP contribution in [-0.2, 0) is 19.9 Å². The Balaban J connectivity index is 0. The third-order valence-electron chi connectivity index (χ3n) is 5.23. The van der Waals surface area contributed by atoms with Crippen molar-refractivity contribution in [3.63, 3.8) is 0 Å². The Morgan fingerprint density at radius 2 is 1.61 bits per heavy atom. The molecule has 7 nitrogen and oxygen atoms in total. The first-order chi connectivity index (χ1) is 12.7. The maximum absolute atomic E-state index is 13.0. The normalized spacial score (nSPS) is 21.2. The Kier molecular flexibility index (Phi) is 9.04. The topological polar surface area (TPSA) is 108 Å². The Morgan fingerprint density at radius 3 is 2.00 bits per heavy atom. The molecule has 8 heteroatoms. The number of carboxylic acids is 1. The number of ether oxygens (including phenoxy) is 3. The van der Waals surface area contributed by atoms with E-state index in [1.54, 1.807) is 32.0 Å². The molecule has 0 aromatic heterocycles. The van der Waals surface area contributed by atoms with Crippen molar-refractivity contribution in [3.05, 3.63) is 23.8 Å². The molecule has 154 valence electrons. The summed E-state index contributed by atoms with van der Waals surface area (Å²) in [6, 6.07) is 5.14. The first-order valence-corrected chi connectivity index (χ1v) is 9.18. The molecule has 0 heterocycles. The molecular weight excluding hydrogens is 375 g/mol. The van der Waals surface area contributed by atoms with Gasteiger partial charge in [0.1, 0.15) is 17.0 Å². The fraction of sp³-hybridized carbons (Fsp3) is 0.600. The van der Waals surface area contributed by atoms with Crippen molar-refractivity contribution in [3.8, 4) is 11.5 Å². The fourth-order valence-corrected chi connectivity index (χ4v) is 3.67. The van der Waals surface area contributed by atoms with Gasteiger partial charge in [-0.05, 0) is 63.1 Å². The van der Waals surface area contributed by atoms with E-state index in [0.717, 1.165) is 0 Å². The molecule has 2 rings (SSSR count). The molecule has 0 aliphatic heterocycles. The number of aliphatic carboxylic acids is 1. The fourth-order valence-electron chi connectivity index (χ4n) is 3.67. The van der Waals surface area contributed by atoms with Crippen molar-refractivity contribution in [1.82, 2.24) is 0 Å². The van der Waals surface area contributed by atoms with E-state index in [-0.39, 0.29) is 37.9 Å². The molecule has 1 aliphatic carbocycles. The van der Waals surface area contributed by atoms with Gasteiger partial charge >= 0.3 is 35.0 Å². The van der Waals surface area contributed by atoms with E-state index in [0.29, 0.717) is 42.7 Å². The van der Waals surface area contributed by atoms with Crippen LogP contribution in [-0.4, -0.2) is 60.4 Å². The Labute approximate surface area is 185 Å². The Bertz CT molecular complexity index is 676. The molecule has 1 aromatic rings. The second-order valence-corrected chi connectivity index (χ2v) is 7.31. The number of carbonyl (C=O) groups is 2. The molecule has 0 spiro atoms. The summed E-state index contributed by atoms with van der Waals surface area (Å²) in [7, 11) is 3.06. The van der Waals surface area contributed by atoms with Crippen LogP contribution in [0.15, 0.2) is 18.2 Å². The largest absolute Gasteiger partial charge is 2.00 e. The summed E-state index contributed by atoms with van der Waals surface area (Å²) in [5.74, 6) is -0.912. The van der Waals surface area contributed by atoms with Crippen LogP contribution in [0, 0.1) is 11.8 Å². The van der Waals surface area contributed by atoms with Crippen LogP contribution in [0.4, 0.5) is 0 Å². The van der Waals surface area contributed by atoms with Gasteiger partial charge in [0.2, 0.25) is 0 Å². The van der Waals surface area contributed by atoms with Crippen LogP contribution >= 0.6 is 0 Å². The first kappa shape index (κ1) is 24.5. The van der Waals surface area contributed by atoms with Crippen LogP contribution in [0.2, 0.25) is 0 Å². The number of carbonyl (C=O) groups excluding carboxylic acids is 1. The van der Waals surface area contributed by atoms with Gasteiger partial charge in [0, 0.05) is 6.07 Å². The minimum Gasteiger partial charge on any atom is -1.00 e. The van der Waals surface area contributed by atoms with Gasteiger partial charge in [-0.25, -0.2) is 4.79 Å². The molecule has 1 aliphatic rings. The van der Waals surface area contributed by atoms with Crippen molar-refractivity contribution in [2.24, 2.45) is 17.6 Å². The quantitative estimate of drug-likeness (QED) is 0.530. The van der Waals surface area contributed by atoms with Crippen LogP contribution in [0.3, 0.4) is 0 Å². The maximum atomic E-state index is 13.0. The molecular formula is C20H31MgNO6. The third-order valence-corrected chi connectivity index (χ3v) is 5.23. The van der Waals surface area contributed by atoms with E-state index in [4.69, 9.17) is 19.9 Å². The van der Waals surface area contributed by atoms with E-state index < -0.39 is 23.4 Å². The molecule has 0 bridgehead atoms. The number of carboxylic acid groups (broad SMARTS) is 1. The summed E-state index contributed by atoms with van der Waals surface area (Å²) < 4.78 is 16.1. The molecule has 1 atom stereocenters. The van der Waals surface area contributed by atoms with E-state index >= 15 is 0 Å². The molecule has 0 radical (unpaired) electrons. The van der Waals surface area contributed by atoms with Crippen molar-refractivity contribution < 1.29 is 31.8 Å². The van der Waals surface area contributed by atoms with E-state index in [1.807, 2.05) is 0 Å². The summed E-state index contributed by atoms with van der Waals surface area (Å²) in [6.45, 7) is 3.54. The average molecular weight is 406 g/mol. The van der Waals surface area contributed by atoms with Crippen molar-refractivity contribution >= 4 is 35.0 Å². The van der Waals surface area contributed by atoms with Crippen molar-refractivity contribution in [2.75, 3.05) is 14.2 Å². The zero-order valence-corrected chi connectivity index (χ0v) is 18.5. The number of hydrogen-bond donors (Lipinski definition) is 2. The van der Waals surface area contributed by atoms with Crippen LogP contribution < -0.4 is 15.2 Å². The summed E-state index contributed by atoms with van der Waals surface area (Å²) >= 11 is 0. The minimum absolute atomic E-state index is 0. The molecule has 3 N–H and O–H groups in total. The van der Waals surface area contributed by atoms with Gasteiger partial charge in [0.15, 0.2) is 0 Å². The zero-order chi connectivity index (χ0) is 20.2. The molecule has 1 aromatic carbocycles. The number of hydrogen-bond acceptors (Lipinski definition) is 6. The van der Waals surface area contributed by atoms with Gasteiger partial charge in [0.05, 0.1) is 26.2 Å². The molecule has 28 heavy (non-hydrogen) atoms. The number of benzene rings is 1. The van der Waals surface area contributed by atoms with Crippen LogP contribution in [0.25, 0.3) is 0 Å². The van der Waals surface area contributed by atoms with E-state index in [9.17, 15) is 14.7 Å². The second-order valence-electron chi connectivity index (χ2n) is 7.31. The van der Waals surface area contributed by atoms with Crippen LogP contribution in [0.5, 0.6) is 11.5 Å². The van der Waals surface area contributed by atoms with E-state index in [1.165, 1.54) is 14.2 Å². The standard InChI is InChI=1S/C20H29NO6.Mg.2H/c1-12(2)27-19(24)20(21,14-7-5-13(6-8-14)18(22)23)15-9-16(25-3)11-17(10-15)26-4;;;/h9-14H,5-8,21H2,1-4H3,(H,22,23);;;/q;+2;2*-1. The van der Waals surface area contributed by atoms with Gasteiger partial charge in [-0.3, -0.25) is 4.79 Å². The Morgan fingerprint density at radius 1 is 1.11 bits per heavy atom.